The number of hydrogen-bond acceptors (Lipinski definition) is 7. The third-order valence-corrected chi connectivity index (χ3v) is 5.53. The lowest BCUT2D eigenvalue weighted by Gasteiger charge is -2.26. The number of benzene rings is 2. The maximum absolute atomic E-state index is 12.2. The van der Waals surface area contributed by atoms with Crippen LogP contribution in [0.1, 0.15) is 23.6 Å². The molecule has 184 valence electrons. The molecule has 1 aliphatic heterocycles. The molecular formula is C26H31N5O4. The molecule has 1 aliphatic rings. The number of nitrogens with one attached hydrogen (secondary N) is 4. The highest BCUT2D eigenvalue weighted by Gasteiger charge is 2.23. The fourth-order valence-electron chi connectivity index (χ4n) is 3.55. The van der Waals surface area contributed by atoms with Crippen molar-refractivity contribution >= 4 is 23.2 Å². The van der Waals surface area contributed by atoms with Gasteiger partial charge in [-0.25, -0.2) is 5.48 Å². The fourth-order valence-corrected chi connectivity index (χ4v) is 3.55. The van der Waals surface area contributed by atoms with Gasteiger partial charge in [-0.2, -0.15) is 0 Å². The summed E-state index contributed by atoms with van der Waals surface area (Å²) < 4.78 is 0. The number of nitrogens with zero attached hydrogens (tertiary/aromatic N) is 1. The zero-order valence-electron chi connectivity index (χ0n) is 19.7. The van der Waals surface area contributed by atoms with Gasteiger partial charge >= 0.3 is 0 Å². The Labute approximate surface area is 205 Å². The van der Waals surface area contributed by atoms with Gasteiger partial charge in [0.1, 0.15) is 6.04 Å². The lowest BCUT2D eigenvalue weighted by Crippen LogP contribution is -2.48. The number of aliphatic hydroxyl groups is 1. The van der Waals surface area contributed by atoms with Crippen LogP contribution in [0.15, 0.2) is 55.1 Å². The molecule has 0 unspecified atom stereocenters. The van der Waals surface area contributed by atoms with Gasteiger partial charge in [0.2, 0.25) is 5.91 Å². The Morgan fingerprint density at radius 2 is 1.63 bits per heavy atom. The lowest BCUT2D eigenvalue weighted by atomic mass is 10.1. The number of carbonyl (C=O) groups excluding carboxylic acids is 2. The summed E-state index contributed by atoms with van der Waals surface area (Å²) in [5.74, 6) is 5.40. The largest absolute Gasteiger partial charge is 0.391 e. The molecule has 6 N–H and O–H groups in total. The number of anilines is 1. The summed E-state index contributed by atoms with van der Waals surface area (Å²) in [4.78, 5) is 26.0. The molecule has 0 spiro atoms. The summed E-state index contributed by atoms with van der Waals surface area (Å²) in [7, 11) is 0. The fraction of sp³-hybridized carbons (Fsp3) is 0.308. The first kappa shape index (κ1) is 25.9. The second kappa shape index (κ2) is 12.7. The molecule has 2 atom stereocenters. The van der Waals surface area contributed by atoms with Crippen molar-refractivity contribution in [2.75, 3.05) is 38.0 Å². The molecule has 2 aromatic rings. The van der Waals surface area contributed by atoms with Crippen LogP contribution in [0.3, 0.4) is 0 Å². The van der Waals surface area contributed by atoms with E-state index in [9.17, 15) is 14.7 Å². The molecule has 0 aromatic heterocycles. The number of piperazine rings is 1. The van der Waals surface area contributed by atoms with Gasteiger partial charge in [0.05, 0.1) is 12.6 Å². The monoisotopic (exact) mass is 477 g/mol. The van der Waals surface area contributed by atoms with Crippen molar-refractivity contribution in [2.45, 2.75) is 19.1 Å². The molecule has 1 heterocycles. The predicted molar refractivity (Wildman–Crippen MR) is 134 cm³/mol. The molecule has 0 saturated carbocycles. The average molecular weight is 478 g/mol. The van der Waals surface area contributed by atoms with Crippen LogP contribution in [0.25, 0.3) is 5.70 Å². The van der Waals surface area contributed by atoms with E-state index in [4.69, 9.17) is 5.21 Å². The molecule has 2 amide bonds. The topological polar surface area (TPSA) is 126 Å². The van der Waals surface area contributed by atoms with E-state index in [1.807, 2.05) is 36.4 Å². The number of aliphatic hydroxyl groups excluding tert-OH is 1. The molecule has 2 aromatic carbocycles. The van der Waals surface area contributed by atoms with Crippen molar-refractivity contribution < 1.29 is 19.9 Å². The van der Waals surface area contributed by atoms with E-state index in [2.05, 4.69) is 39.3 Å². The Bertz CT molecular complexity index is 1080. The van der Waals surface area contributed by atoms with Gasteiger partial charge in [0.15, 0.2) is 0 Å². The first-order chi connectivity index (χ1) is 16.9. The van der Waals surface area contributed by atoms with E-state index in [1.54, 1.807) is 12.1 Å². The summed E-state index contributed by atoms with van der Waals surface area (Å²) in [6.45, 7) is 9.27. The molecule has 0 aliphatic carbocycles. The quantitative estimate of drug-likeness (QED) is 0.188. The van der Waals surface area contributed by atoms with Gasteiger partial charge in [0, 0.05) is 48.7 Å². The van der Waals surface area contributed by atoms with Crippen molar-refractivity contribution in [1.29, 1.82) is 0 Å². The van der Waals surface area contributed by atoms with E-state index in [0.29, 0.717) is 17.8 Å². The van der Waals surface area contributed by atoms with Crippen LogP contribution in [0, 0.1) is 11.8 Å². The average Bonchev–Trinajstić information content (AvgIpc) is 2.87. The lowest BCUT2D eigenvalue weighted by molar-refractivity contribution is -0.133. The highest BCUT2D eigenvalue weighted by molar-refractivity contribution is 5.92. The SMILES string of the molecule is C=C(N[C@H](C(=O)NO)[C@@H](C)O)c1ccc(C#Cc2ccc(NC(=O)CN3CCNCC3)cc2)cc1. The molecule has 1 fully saturated rings. The Morgan fingerprint density at radius 3 is 2.17 bits per heavy atom. The van der Waals surface area contributed by atoms with Gasteiger partial charge < -0.3 is 21.1 Å². The van der Waals surface area contributed by atoms with Gasteiger partial charge in [-0.1, -0.05) is 30.6 Å². The first-order valence-electron chi connectivity index (χ1n) is 11.4. The smallest absolute Gasteiger partial charge is 0.268 e. The van der Waals surface area contributed by atoms with Gasteiger partial charge in [-0.05, 0) is 48.9 Å². The van der Waals surface area contributed by atoms with Crippen molar-refractivity contribution in [2.24, 2.45) is 0 Å². The number of hydroxylamine groups is 1. The Balaban J connectivity index is 1.54. The molecule has 1 saturated heterocycles. The number of rotatable bonds is 8. The Kier molecular flexibility index (Phi) is 9.40. The highest BCUT2D eigenvalue weighted by Crippen LogP contribution is 2.13. The molecular weight excluding hydrogens is 446 g/mol. The molecule has 0 bridgehead atoms. The zero-order chi connectivity index (χ0) is 25.2. The van der Waals surface area contributed by atoms with E-state index in [-0.39, 0.29) is 5.91 Å². The number of carbonyl (C=O) groups is 2. The van der Waals surface area contributed by atoms with Gasteiger partial charge in [0.25, 0.3) is 5.91 Å². The van der Waals surface area contributed by atoms with Crippen LogP contribution in [0.2, 0.25) is 0 Å². The van der Waals surface area contributed by atoms with E-state index in [1.165, 1.54) is 12.4 Å². The van der Waals surface area contributed by atoms with Gasteiger partial charge in [-0.15, -0.1) is 0 Å². The standard InChI is InChI=1S/C26H31N5O4/c1-18(28-25(19(2)32)26(34)30-35)22-9-5-20(6-10-22)3-4-21-7-11-23(12-8-21)29-24(33)17-31-15-13-27-14-16-31/h5-12,19,25,27-28,32,35H,1,13-17H2,2H3,(H,29,33)(H,30,34)/t19-,25+/m1/s1. The highest BCUT2D eigenvalue weighted by atomic mass is 16.5. The third-order valence-electron chi connectivity index (χ3n) is 5.53. The zero-order valence-corrected chi connectivity index (χ0v) is 19.7. The van der Waals surface area contributed by atoms with Crippen molar-refractivity contribution in [1.82, 2.24) is 21.0 Å². The summed E-state index contributed by atoms with van der Waals surface area (Å²) in [6, 6.07) is 13.6. The van der Waals surface area contributed by atoms with Crippen molar-refractivity contribution in [3.8, 4) is 11.8 Å². The van der Waals surface area contributed by atoms with E-state index < -0.39 is 18.1 Å². The van der Waals surface area contributed by atoms with Crippen LogP contribution in [0.5, 0.6) is 0 Å². The minimum absolute atomic E-state index is 0.0290. The van der Waals surface area contributed by atoms with Gasteiger partial charge in [-0.3, -0.25) is 19.7 Å². The maximum Gasteiger partial charge on any atom is 0.268 e. The molecule has 9 nitrogen and oxygen atoms in total. The van der Waals surface area contributed by atoms with Crippen LogP contribution >= 0.6 is 0 Å². The van der Waals surface area contributed by atoms with E-state index in [0.717, 1.165) is 43.0 Å². The van der Waals surface area contributed by atoms with Crippen LogP contribution in [0.4, 0.5) is 5.69 Å². The van der Waals surface area contributed by atoms with Crippen LogP contribution < -0.4 is 21.4 Å². The Morgan fingerprint density at radius 1 is 1.06 bits per heavy atom. The number of amides is 2. The second-order valence-corrected chi connectivity index (χ2v) is 8.30. The predicted octanol–water partition coefficient (Wildman–Crippen LogP) is 0.745. The molecule has 9 heteroatoms. The maximum atomic E-state index is 12.2. The van der Waals surface area contributed by atoms with Crippen molar-refractivity contribution in [3.63, 3.8) is 0 Å². The summed E-state index contributed by atoms with van der Waals surface area (Å²) in [5.41, 5.74) is 5.00. The summed E-state index contributed by atoms with van der Waals surface area (Å²) >= 11 is 0. The first-order valence-corrected chi connectivity index (χ1v) is 11.4. The third kappa shape index (κ3) is 7.95. The second-order valence-electron chi connectivity index (χ2n) is 8.30. The van der Waals surface area contributed by atoms with Crippen LogP contribution in [-0.4, -0.2) is 71.9 Å². The molecule has 35 heavy (non-hydrogen) atoms. The van der Waals surface area contributed by atoms with Crippen LogP contribution in [-0.2, 0) is 9.59 Å². The molecule has 0 radical (unpaired) electrons. The van der Waals surface area contributed by atoms with Crippen molar-refractivity contribution in [3.05, 3.63) is 71.8 Å². The normalized spacial score (nSPS) is 15.2. The minimum Gasteiger partial charge on any atom is -0.391 e. The molecule has 3 rings (SSSR count). The minimum atomic E-state index is -1.04. The Hall–Kier alpha value is -3.68. The number of hydrogen-bond donors (Lipinski definition) is 6. The van der Waals surface area contributed by atoms with E-state index >= 15 is 0 Å². The summed E-state index contributed by atoms with van der Waals surface area (Å²) in [5, 5.41) is 27.6. The summed E-state index contributed by atoms with van der Waals surface area (Å²) in [6.07, 6.45) is -1.03.